The van der Waals surface area contributed by atoms with E-state index < -0.39 is 0 Å². The normalized spacial score (nSPS) is 16.4. The molecule has 1 aromatic carbocycles. The molecule has 0 bridgehead atoms. The minimum Gasteiger partial charge on any atom is -0.370 e. The van der Waals surface area contributed by atoms with Gasteiger partial charge in [0, 0.05) is 13.1 Å². The summed E-state index contributed by atoms with van der Waals surface area (Å²) in [6.07, 6.45) is 2.39. The summed E-state index contributed by atoms with van der Waals surface area (Å²) in [5, 5.41) is 15.5. The molecule has 0 saturated carbocycles. The van der Waals surface area contributed by atoms with Gasteiger partial charge >= 0.3 is 0 Å². The second kappa shape index (κ2) is 3.16. The summed E-state index contributed by atoms with van der Waals surface area (Å²) in [6.45, 7) is 2.05. The molecule has 7 heteroatoms. The standard InChI is InChI=1S/C10H9N5O2/c1-2-4-15(3-1)7-5-6-8(12-16-11-6)10-9(7)13-17-14-10/h5H,1-4H2. The third kappa shape index (κ3) is 1.16. The second-order valence-electron chi connectivity index (χ2n) is 4.18. The molecule has 7 nitrogen and oxygen atoms in total. The van der Waals surface area contributed by atoms with E-state index >= 15 is 0 Å². The maximum atomic E-state index is 4.81. The minimum absolute atomic E-state index is 0.601. The van der Waals surface area contributed by atoms with Gasteiger partial charge in [0.2, 0.25) is 0 Å². The Balaban J connectivity index is 2.06. The quantitative estimate of drug-likeness (QED) is 0.625. The average molecular weight is 231 g/mol. The smallest absolute Gasteiger partial charge is 0.168 e. The zero-order valence-corrected chi connectivity index (χ0v) is 8.96. The Bertz CT molecular complexity index is 682. The van der Waals surface area contributed by atoms with E-state index in [0.717, 1.165) is 24.3 Å². The van der Waals surface area contributed by atoms with Crippen LogP contribution in [-0.4, -0.2) is 33.7 Å². The summed E-state index contributed by atoms with van der Waals surface area (Å²) < 4.78 is 9.54. The lowest BCUT2D eigenvalue weighted by atomic mass is 10.2. The van der Waals surface area contributed by atoms with Crippen molar-refractivity contribution in [1.82, 2.24) is 20.6 Å². The van der Waals surface area contributed by atoms with Crippen LogP contribution in [0.2, 0.25) is 0 Å². The molecule has 1 saturated heterocycles. The molecule has 0 N–H and O–H groups in total. The van der Waals surface area contributed by atoms with Crippen molar-refractivity contribution in [3.63, 3.8) is 0 Å². The molecule has 0 amide bonds. The van der Waals surface area contributed by atoms with Gasteiger partial charge in [-0.25, -0.2) is 9.26 Å². The van der Waals surface area contributed by atoms with Crippen molar-refractivity contribution >= 4 is 27.8 Å². The summed E-state index contributed by atoms with van der Waals surface area (Å²) in [5.41, 5.74) is 3.64. The highest BCUT2D eigenvalue weighted by Crippen LogP contribution is 2.31. The van der Waals surface area contributed by atoms with Crippen LogP contribution in [0.1, 0.15) is 12.8 Å². The van der Waals surface area contributed by atoms with Gasteiger partial charge in [0.1, 0.15) is 5.52 Å². The molecular formula is C10H9N5O2. The van der Waals surface area contributed by atoms with Gasteiger partial charge < -0.3 is 4.90 Å². The Morgan fingerprint density at radius 3 is 2.47 bits per heavy atom. The minimum atomic E-state index is 0.601. The molecule has 0 unspecified atom stereocenters. The van der Waals surface area contributed by atoms with Gasteiger partial charge in [-0.1, -0.05) is 0 Å². The Morgan fingerprint density at radius 1 is 0.882 bits per heavy atom. The zero-order chi connectivity index (χ0) is 11.2. The van der Waals surface area contributed by atoms with Gasteiger partial charge in [-0.15, -0.1) is 0 Å². The molecule has 1 aliphatic heterocycles. The maximum Gasteiger partial charge on any atom is 0.168 e. The lowest BCUT2D eigenvalue weighted by molar-refractivity contribution is 0.312. The van der Waals surface area contributed by atoms with E-state index in [2.05, 4.69) is 25.5 Å². The molecular weight excluding hydrogens is 222 g/mol. The molecule has 2 aromatic heterocycles. The SMILES string of the molecule is c1c(N2CCCC2)c2nonc2c2nonc12. The summed E-state index contributed by atoms with van der Waals surface area (Å²) in [4.78, 5) is 2.26. The van der Waals surface area contributed by atoms with Crippen LogP contribution in [0.5, 0.6) is 0 Å². The predicted octanol–water partition coefficient (Wildman–Crippen LogP) is 1.36. The molecule has 0 radical (unpaired) electrons. The number of rotatable bonds is 1. The molecule has 3 heterocycles. The van der Waals surface area contributed by atoms with Crippen molar-refractivity contribution in [2.75, 3.05) is 18.0 Å². The van der Waals surface area contributed by atoms with E-state index in [-0.39, 0.29) is 0 Å². The number of anilines is 1. The van der Waals surface area contributed by atoms with Crippen molar-refractivity contribution in [3.8, 4) is 0 Å². The fourth-order valence-electron chi connectivity index (χ4n) is 2.36. The van der Waals surface area contributed by atoms with Crippen LogP contribution in [0.15, 0.2) is 15.3 Å². The molecule has 3 aromatic rings. The van der Waals surface area contributed by atoms with Crippen LogP contribution < -0.4 is 4.90 Å². The van der Waals surface area contributed by atoms with Crippen LogP contribution in [0, 0.1) is 0 Å². The Kier molecular flexibility index (Phi) is 1.66. The molecule has 1 aliphatic rings. The van der Waals surface area contributed by atoms with E-state index in [9.17, 15) is 0 Å². The highest BCUT2D eigenvalue weighted by molar-refractivity contribution is 6.05. The number of nitrogens with zero attached hydrogens (tertiary/aromatic N) is 5. The number of fused-ring (bicyclic) bond motifs is 3. The first kappa shape index (κ1) is 8.91. The van der Waals surface area contributed by atoms with Crippen LogP contribution in [0.4, 0.5) is 5.69 Å². The molecule has 86 valence electrons. The Morgan fingerprint density at radius 2 is 1.59 bits per heavy atom. The Hall–Kier alpha value is -2.18. The third-order valence-electron chi connectivity index (χ3n) is 3.19. The van der Waals surface area contributed by atoms with Crippen molar-refractivity contribution < 1.29 is 9.26 Å². The predicted molar refractivity (Wildman–Crippen MR) is 58.6 cm³/mol. The van der Waals surface area contributed by atoms with E-state index in [0.29, 0.717) is 16.6 Å². The lowest BCUT2D eigenvalue weighted by Gasteiger charge is -2.16. The first-order chi connectivity index (χ1) is 8.43. The van der Waals surface area contributed by atoms with Gasteiger partial charge in [0.15, 0.2) is 16.6 Å². The molecule has 17 heavy (non-hydrogen) atoms. The topological polar surface area (TPSA) is 81.1 Å². The molecule has 0 atom stereocenters. The zero-order valence-electron chi connectivity index (χ0n) is 8.96. The fraction of sp³-hybridized carbons (Fsp3) is 0.400. The lowest BCUT2D eigenvalue weighted by Crippen LogP contribution is -2.17. The fourth-order valence-corrected chi connectivity index (χ4v) is 2.36. The van der Waals surface area contributed by atoms with E-state index in [1.807, 2.05) is 6.07 Å². The van der Waals surface area contributed by atoms with Gasteiger partial charge in [-0.3, -0.25) is 0 Å². The second-order valence-corrected chi connectivity index (χ2v) is 4.18. The summed E-state index contributed by atoms with van der Waals surface area (Å²) >= 11 is 0. The molecule has 0 aliphatic carbocycles. The van der Waals surface area contributed by atoms with Gasteiger partial charge in [-0.2, -0.15) is 0 Å². The highest BCUT2D eigenvalue weighted by Gasteiger charge is 2.21. The summed E-state index contributed by atoms with van der Waals surface area (Å²) in [7, 11) is 0. The molecule has 4 rings (SSSR count). The monoisotopic (exact) mass is 231 g/mol. The molecule has 0 spiro atoms. The van der Waals surface area contributed by atoms with Crippen LogP contribution >= 0.6 is 0 Å². The maximum absolute atomic E-state index is 4.81. The van der Waals surface area contributed by atoms with Gasteiger partial charge in [0.05, 0.1) is 5.69 Å². The van der Waals surface area contributed by atoms with E-state index in [4.69, 9.17) is 9.26 Å². The number of benzene rings is 1. The van der Waals surface area contributed by atoms with Crippen molar-refractivity contribution in [2.24, 2.45) is 0 Å². The highest BCUT2D eigenvalue weighted by atomic mass is 16.6. The van der Waals surface area contributed by atoms with E-state index in [1.165, 1.54) is 12.8 Å². The van der Waals surface area contributed by atoms with Gasteiger partial charge in [0.25, 0.3) is 0 Å². The molecule has 1 fully saturated rings. The largest absolute Gasteiger partial charge is 0.370 e. The number of hydrogen-bond acceptors (Lipinski definition) is 7. The van der Waals surface area contributed by atoms with Crippen molar-refractivity contribution in [2.45, 2.75) is 12.8 Å². The van der Waals surface area contributed by atoms with Crippen molar-refractivity contribution in [3.05, 3.63) is 6.07 Å². The first-order valence-corrected chi connectivity index (χ1v) is 5.56. The number of hydrogen-bond donors (Lipinski definition) is 0. The first-order valence-electron chi connectivity index (χ1n) is 5.56. The van der Waals surface area contributed by atoms with Crippen LogP contribution in [-0.2, 0) is 0 Å². The van der Waals surface area contributed by atoms with Crippen molar-refractivity contribution in [1.29, 1.82) is 0 Å². The van der Waals surface area contributed by atoms with Crippen LogP contribution in [0.25, 0.3) is 22.1 Å². The summed E-state index contributed by atoms with van der Waals surface area (Å²) in [6, 6.07) is 1.93. The third-order valence-corrected chi connectivity index (χ3v) is 3.19. The average Bonchev–Trinajstić information content (AvgIpc) is 3.09. The number of aromatic nitrogens is 4. The Labute approximate surface area is 95.3 Å². The van der Waals surface area contributed by atoms with Gasteiger partial charge in [-0.05, 0) is 39.5 Å². The van der Waals surface area contributed by atoms with Crippen LogP contribution in [0.3, 0.4) is 0 Å². The summed E-state index contributed by atoms with van der Waals surface area (Å²) in [5.74, 6) is 0. The van der Waals surface area contributed by atoms with E-state index in [1.54, 1.807) is 0 Å².